The average Bonchev–Trinajstić information content (AvgIpc) is 3.08. The highest BCUT2D eigenvalue weighted by Crippen LogP contribution is 2.37. The number of Topliss-reactive ketones (excluding diaryl/α,β-unsaturated/α-hetero) is 1. The van der Waals surface area contributed by atoms with Crippen molar-refractivity contribution in [3.05, 3.63) is 88.7 Å². The summed E-state index contributed by atoms with van der Waals surface area (Å²) in [4.78, 5) is 13.0. The number of ketones is 1. The average molecular weight is 479 g/mol. The van der Waals surface area contributed by atoms with Crippen LogP contribution in [0.5, 0.6) is 11.5 Å². The molecule has 158 valence electrons. The Labute approximate surface area is 192 Å². The fourth-order valence-electron chi connectivity index (χ4n) is 4.07. The zero-order valence-corrected chi connectivity index (χ0v) is 19.1. The van der Waals surface area contributed by atoms with Crippen LogP contribution in [0, 0.1) is 17.2 Å². The molecule has 0 spiro atoms. The summed E-state index contributed by atoms with van der Waals surface area (Å²) in [5.41, 5.74) is 4.32. The molecule has 1 aliphatic rings. The van der Waals surface area contributed by atoms with Gasteiger partial charge in [0, 0.05) is 23.1 Å². The first-order valence-electron chi connectivity index (χ1n) is 9.88. The number of nitrogens with zero attached hydrogens (tertiary/aromatic N) is 2. The van der Waals surface area contributed by atoms with Crippen LogP contribution < -0.4 is 31.0 Å². The van der Waals surface area contributed by atoms with Crippen LogP contribution in [0.15, 0.2) is 60.9 Å². The molecule has 0 saturated carbocycles. The Kier molecular flexibility index (Phi) is 7.09. The Balaban J connectivity index is 0.00000272. The number of ether oxygens (including phenoxy) is 2. The second-order valence-electron chi connectivity index (χ2n) is 7.49. The van der Waals surface area contributed by atoms with E-state index in [-0.39, 0.29) is 28.7 Å². The molecule has 1 aromatic heterocycles. The predicted octanol–water partition coefficient (Wildman–Crippen LogP) is 0.513. The molecule has 31 heavy (non-hydrogen) atoms. The van der Waals surface area contributed by atoms with Crippen molar-refractivity contribution in [1.82, 2.24) is 0 Å². The quantitative estimate of drug-likeness (QED) is 0.484. The van der Waals surface area contributed by atoms with E-state index in [1.807, 2.05) is 47.3 Å². The molecule has 2 aromatic carbocycles. The van der Waals surface area contributed by atoms with Crippen LogP contribution in [0.4, 0.5) is 0 Å². The van der Waals surface area contributed by atoms with Crippen molar-refractivity contribution < 1.29 is 35.8 Å². The molecule has 1 unspecified atom stereocenters. The topological polar surface area (TPSA) is 63.2 Å². The van der Waals surface area contributed by atoms with Crippen molar-refractivity contribution in [3.63, 3.8) is 0 Å². The maximum absolute atomic E-state index is 13.0. The summed E-state index contributed by atoms with van der Waals surface area (Å²) < 4.78 is 12.7. The Hall–Kier alpha value is -3.17. The number of hydrogen-bond acceptors (Lipinski definition) is 4. The van der Waals surface area contributed by atoms with Crippen LogP contribution in [0.25, 0.3) is 0 Å². The minimum atomic E-state index is -0.186. The normalized spacial score (nSPS) is 14.4. The van der Waals surface area contributed by atoms with Crippen molar-refractivity contribution in [2.75, 3.05) is 14.2 Å². The summed E-state index contributed by atoms with van der Waals surface area (Å²) in [5.74, 6) is 1.10. The first-order chi connectivity index (χ1) is 14.6. The molecule has 0 bridgehead atoms. The molecular formula is C25H23BrN2O3. The monoisotopic (exact) mass is 478 g/mol. The molecular weight excluding hydrogens is 456 g/mol. The molecule has 0 aliphatic heterocycles. The number of hydrogen-bond donors (Lipinski definition) is 0. The number of carbonyl (C=O) groups is 1. The fraction of sp³-hybridized carbons (Fsp3) is 0.240. The zero-order valence-electron chi connectivity index (χ0n) is 17.5. The van der Waals surface area contributed by atoms with Crippen LogP contribution in [-0.2, 0) is 19.4 Å². The van der Waals surface area contributed by atoms with E-state index in [9.17, 15) is 10.1 Å². The van der Waals surface area contributed by atoms with Gasteiger partial charge in [-0.05, 0) is 36.1 Å². The highest BCUT2D eigenvalue weighted by Gasteiger charge is 2.33. The lowest BCUT2D eigenvalue weighted by atomic mass is 9.94. The standard InChI is InChI=1S/C25H23N2O3.BrH/c1-29-23-12-19-11-20(25(28)22(19)13-24(23)30-2)10-18-8-9-27(16-21(18)14-26)15-17-6-4-3-5-7-17;/h3-9,12-13,16,20H,10-11,15H2,1-2H3;1H/q+1;/p-1. The van der Waals surface area contributed by atoms with Crippen LogP contribution in [-0.4, -0.2) is 20.0 Å². The van der Waals surface area contributed by atoms with E-state index in [0.717, 1.165) is 11.1 Å². The molecule has 6 heteroatoms. The summed E-state index contributed by atoms with van der Waals surface area (Å²) in [5, 5.41) is 9.68. The van der Waals surface area contributed by atoms with Crippen molar-refractivity contribution in [1.29, 1.82) is 5.26 Å². The number of fused-ring (bicyclic) bond motifs is 1. The fourth-order valence-corrected chi connectivity index (χ4v) is 4.07. The van der Waals surface area contributed by atoms with E-state index in [1.165, 1.54) is 5.56 Å². The van der Waals surface area contributed by atoms with Crippen LogP contribution in [0.2, 0.25) is 0 Å². The molecule has 5 nitrogen and oxygen atoms in total. The number of methoxy groups -OCH3 is 2. The van der Waals surface area contributed by atoms with Gasteiger partial charge >= 0.3 is 0 Å². The molecule has 0 saturated heterocycles. The van der Waals surface area contributed by atoms with Gasteiger partial charge in [-0.2, -0.15) is 9.83 Å². The van der Waals surface area contributed by atoms with Gasteiger partial charge in [0.2, 0.25) is 0 Å². The summed E-state index contributed by atoms with van der Waals surface area (Å²) in [6.45, 7) is 0.698. The maximum atomic E-state index is 13.0. The number of benzene rings is 2. The van der Waals surface area contributed by atoms with Gasteiger partial charge in [0.15, 0.2) is 36.2 Å². The Morgan fingerprint density at radius 3 is 2.48 bits per heavy atom. The van der Waals surface area contributed by atoms with E-state index in [2.05, 4.69) is 18.2 Å². The largest absolute Gasteiger partial charge is 1.00 e. The number of nitriles is 1. The zero-order chi connectivity index (χ0) is 21.1. The molecule has 1 heterocycles. The number of pyridine rings is 1. The van der Waals surface area contributed by atoms with Crippen LogP contribution in [0.3, 0.4) is 0 Å². The van der Waals surface area contributed by atoms with Gasteiger partial charge in [0.1, 0.15) is 11.6 Å². The smallest absolute Gasteiger partial charge is 0.187 e. The Morgan fingerprint density at radius 2 is 1.81 bits per heavy atom. The van der Waals surface area contributed by atoms with E-state index in [0.29, 0.717) is 42.0 Å². The molecule has 0 N–H and O–H groups in total. The van der Waals surface area contributed by atoms with Gasteiger partial charge in [-0.25, -0.2) is 0 Å². The lowest BCUT2D eigenvalue weighted by Crippen LogP contribution is -3.00. The lowest BCUT2D eigenvalue weighted by molar-refractivity contribution is -0.688. The Bertz CT molecular complexity index is 1140. The number of rotatable bonds is 6. The highest BCUT2D eigenvalue weighted by molar-refractivity contribution is 6.03. The van der Waals surface area contributed by atoms with E-state index in [1.54, 1.807) is 20.3 Å². The van der Waals surface area contributed by atoms with Crippen molar-refractivity contribution in [2.45, 2.75) is 19.4 Å². The maximum Gasteiger partial charge on any atom is 0.187 e. The summed E-state index contributed by atoms with van der Waals surface area (Å²) >= 11 is 0. The third kappa shape index (κ3) is 4.62. The van der Waals surface area contributed by atoms with E-state index in [4.69, 9.17) is 9.47 Å². The van der Waals surface area contributed by atoms with Gasteiger partial charge in [-0.15, -0.1) is 0 Å². The third-order valence-corrected chi connectivity index (χ3v) is 5.61. The van der Waals surface area contributed by atoms with Gasteiger partial charge in [0.25, 0.3) is 0 Å². The number of carbonyl (C=O) groups excluding carboxylic acids is 1. The van der Waals surface area contributed by atoms with Crippen molar-refractivity contribution in [2.24, 2.45) is 5.92 Å². The first kappa shape index (κ1) is 22.5. The van der Waals surface area contributed by atoms with Gasteiger partial charge in [0.05, 0.1) is 14.2 Å². The molecule has 4 rings (SSSR count). The van der Waals surface area contributed by atoms with Crippen molar-refractivity contribution >= 4 is 5.78 Å². The molecule has 0 fully saturated rings. The minimum absolute atomic E-state index is 0. The van der Waals surface area contributed by atoms with Crippen molar-refractivity contribution in [3.8, 4) is 17.6 Å². The van der Waals surface area contributed by atoms with E-state index < -0.39 is 0 Å². The highest BCUT2D eigenvalue weighted by atomic mass is 79.9. The molecule has 1 atom stereocenters. The summed E-state index contributed by atoms with van der Waals surface area (Å²) in [7, 11) is 3.15. The Morgan fingerprint density at radius 1 is 1.10 bits per heavy atom. The SMILES string of the molecule is COc1cc2c(cc1OC)C(=O)C(Cc1cc[n+](Cc3ccccc3)cc1C#N)C2.[Br-]. The number of halogens is 1. The second kappa shape index (κ2) is 9.76. The number of aromatic nitrogens is 1. The minimum Gasteiger partial charge on any atom is -1.00 e. The van der Waals surface area contributed by atoms with E-state index >= 15 is 0 Å². The third-order valence-electron chi connectivity index (χ3n) is 5.61. The summed E-state index contributed by atoms with van der Waals surface area (Å²) in [6.07, 6.45) is 5.01. The molecule has 1 aliphatic carbocycles. The molecule has 0 amide bonds. The van der Waals surface area contributed by atoms with Crippen LogP contribution >= 0.6 is 0 Å². The van der Waals surface area contributed by atoms with Gasteiger partial charge in [-0.1, -0.05) is 30.3 Å². The second-order valence-corrected chi connectivity index (χ2v) is 7.49. The molecule has 0 radical (unpaired) electrons. The van der Waals surface area contributed by atoms with Gasteiger partial charge in [-0.3, -0.25) is 4.79 Å². The van der Waals surface area contributed by atoms with Gasteiger partial charge < -0.3 is 26.5 Å². The molecule has 3 aromatic rings. The van der Waals surface area contributed by atoms with Crippen LogP contribution in [0.1, 0.15) is 32.6 Å². The predicted molar refractivity (Wildman–Crippen MR) is 112 cm³/mol. The summed E-state index contributed by atoms with van der Waals surface area (Å²) in [6, 6.07) is 18.0. The lowest BCUT2D eigenvalue weighted by Gasteiger charge is -2.09. The first-order valence-corrected chi connectivity index (χ1v) is 9.88.